The van der Waals surface area contributed by atoms with E-state index in [9.17, 15) is 9.18 Å². The zero-order valence-corrected chi connectivity index (χ0v) is 20.0. The molecule has 1 amide bonds. The molecule has 0 radical (unpaired) electrons. The molecular formula is C25H31FN6O. The summed E-state index contributed by atoms with van der Waals surface area (Å²) in [5.74, 6) is 1.15. The third kappa shape index (κ3) is 4.42. The molecule has 0 spiro atoms. The van der Waals surface area contributed by atoms with E-state index in [2.05, 4.69) is 40.1 Å². The maximum absolute atomic E-state index is 13.2. The van der Waals surface area contributed by atoms with Crippen LogP contribution in [0.15, 0.2) is 30.3 Å². The van der Waals surface area contributed by atoms with Crippen LogP contribution in [0.3, 0.4) is 0 Å². The average Bonchev–Trinajstić information content (AvgIpc) is 3.02. The van der Waals surface area contributed by atoms with Gasteiger partial charge in [-0.25, -0.2) is 9.37 Å². The lowest BCUT2D eigenvalue weighted by Crippen LogP contribution is -2.49. The molecule has 1 atom stereocenters. The van der Waals surface area contributed by atoms with E-state index < -0.39 is 0 Å². The van der Waals surface area contributed by atoms with Crippen LogP contribution in [-0.2, 0) is 17.9 Å². The number of likely N-dealkylation sites (N-methyl/N-ethyl adjacent to an activating group) is 1. The second-order valence-corrected chi connectivity index (χ2v) is 9.08. The van der Waals surface area contributed by atoms with Gasteiger partial charge in [0.1, 0.15) is 17.5 Å². The second-order valence-electron chi connectivity index (χ2n) is 9.08. The number of hydrogen-bond donors (Lipinski definition) is 2. The number of nitrogens with one attached hydrogen (secondary N) is 2. The molecule has 0 aliphatic carbocycles. The van der Waals surface area contributed by atoms with Gasteiger partial charge in [-0.05, 0) is 56.0 Å². The van der Waals surface area contributed by atoms with Crippen molar-refractivity contribution in [2.24, 2.45) is 5.92 Å². The predicted octanol–water partition coefficient (Wildman–Crippen LogP) is 4.42. The van der Waals surface area contributed by atoms with Crippen LogP contribution >= 0.6 is 0 Å². The van der Waals surface area contributed by atoms with Gasteiger partial charge in [0.2, 0.25) is 11.9 Å². The third-order valence-corrected chi connectivity index (χ3v) is 6.34. The van der Waals surface area contributed by atoms with Crippen LogP contribution in [-0.4, -0.2) is 33.5 Å². The topological polar surface area (TPSA) is 75.1 Å². The van der Waals surface area contributed by atoms with Crippen LogP contribution in [0.4, 0.5) is 21.8 Å². The molecule has 1 aliphatic heterocycles. The molecule has 0 saturated carbocycles. The normalized spacial score (nSPS) is 15.6. The van der Waals surface area contributed by atoms with Gasteiger partial charge in [0.15, 0.2) is 5.82 Å². The first-order chi connectivity index (χ1) is 15.7. The average molecular weight is 451 g/mol. The lowest BCUT2D eigenvalue weighted by Gasteiger charge is -2.36. The van der Waals surface area contributed by atoms with Crippen LogP contribution < -0.4 is 15.5 Å². The minimum absolute atomic E-state index is 0.0268. The summed E-state index contributed by atoms with van der Waals surface area (Å²) in [7, 11) is 1.90. The van der Waals surface area contributed by atoms with E-state index >= 15 is 0 Å². The molecule has 33 heavy (non-hydrogen) atoms. The number of carbonyl (C=O) groups excluding carboxylic acids is 1. The van der Waals surface area contributed by atoms with Gasteiger partial charge in [-0.2, -0.15) is 4.98 Å². The molecule has 3 heterocycles. The summed E-state index contributed by atoms with van der Waals surface area (Å²) in [6.45, 7) is 11.4. The highest BCUT2D eigenvalue weighted by Gasteiger charge is 2.35. The summed E-state index contributed by atoms with van der Waals surface area (Å²) >= 11 is 0. The number of fused-ring (bicyclic) bond motifs is 1. The van der Waals surface area contributed by atoms with Gasteiger partial charge in [0, 0.05) is 31.5 Å². The van der Waals surface area contributed by atoms with Crippen LogP contribution in [0, 0.1) is 32.5 Å². The zero-order valence-electron chi connectivity index (χ0n) is 20.0. The SMILES string of the molecule is Cc1nc(NCc2cc(C)n(Cc3ccc(F)cc3)c2C)nc2c1NC(=O)C(C(C)C)N2C. The number of carbonyl (C=O) groups is 1. The van der Waals surface area contributed by atoms with E-state index in [1.54, 1.807) is 0 Å². The number of aryl methyl sites for hydroxylation is 2. The Labute approximate surface area is 194 Å². The van der Waals surface area contributed by atoms with E-state index in [-0.39, 0.29) is 23.7 Å². The van der Waals surface area contributed by atoms with E-state index in [4.69, 9.17) is 4.98 Å². The fourth-order valence-corrected chi connectivity index (χ4v) is 4.53. The van der Waals surface area contributed by atoms with Crippen molar-refractivity contribution in [3.05, 3.63) is 64.4 Å². The number of halogens is 1. The number of aromatic nitrogens is 3. The molecular weight excluding hydrogens is 419 g/mol. The molecule has 7 nitrogen and oxygen atoms in total. The van der Waals surface area contributed by atoms with Crippen LogP contribution in [0.25, 0.3) is 0 Å². The molecule has 2 N–H and O–H groups in total. The molecule has 1 aliphatic rings. The Morgan fingerprint density at radius 1 is 1.15 bits per heavy atom. The molecule has 8 heteroatoms. The summed E-state index contributed by atoms with van der Waals surface area (Å²) in [6.07, 6.45) is 0. The third-order valence-electron chi connectivity index (χ3n) is 6.34. The second kappa shape index (κ2) is 8.84. The van der Waals surface area contributed by atoms with Gasteiger partial charge in [-0.3, -0.25) is 4.79 Å². The van der Waals surface area contributed by atoms with E-state index in [1.165, 1.54) is 12.1 Å². The van der Waals surface area contributed by atoms with E-state index in [0.29, 0.717) is 24.7 Å². The molecule has 0 fully saturated rings. The summed E-state index contributed by atoms with van der Waals surface area (Å²) in [5, 5.41) is 6.33. The van der Waals surface area contributed by atoms with Crippen molar-refractivity contribution in [1.29, 1.82) is 0 Å². The van der Waals surface area contributed by atoms with Crippen molar-refractivity contribution in [3.63, 3.8) is 0 Å². The Bertz CT molecular complexity index is 1180. The standard InChI is InChI=1S/C25H31FN6O/c1-14(2)22-24(33)29-21-16(4)28-25(30-23(21)31(22)6)27-12-19-11-15(3)32(17(19)5)13-18-7-9-20(26)10-8-18/h7-11,14,22H,12-13H2,1-6H3,(H,29,33)(H,27,28,30). The van der Waals surface area contributed by atoms with Crippen molar-refractivity contribution in [2.45, 2.75) is 53.8 Å². The monoisotopic (exact) mass is 450 g/mol. The van der Waals surface area contributed by atoms with Crippen molar-refractivity contribution in [1.82, 2.24) is 14.5 Å². The summed E-state index contributed by atoms with van der Waals surface area (Å²) in [4.78, 5) is 23.8. The lowest BCUT2D eigenvalue weighted by molar-refractivity contribution is -0.118. The van der Waals surface area contributed by atoms with E-state index in [0.717, 1.165) is 34.0 Å². The van der Waals surface area contributed by atoms with Gasteiger partial charge in [0.05, 0.1) is 5.69 Å². The molecule has 0 bridgehead atoms. The Balaban J connectivity index is 1.54. The van der Waals surface area contributed by atoms with Gasteiger partial charge in [-0.15, -0.1) is 0 Å². The highest BCUT2D eigenvalue weighted by molar-refractivity contribution is 6.03. The highest BCUT2D eigenvalue weighted by atomic mass is 19.1. The van der Waals surface area contributed by atoms with E-state index in [1.807, 2.05) is 44.9 Å². The van der Waals surface area contributed by atoms with Crippen LogP contribution in [0.1, 0.15) is 42.1 Å². The van der Waals surface area contributed by atoms with Crippen molar-refractivity contribution < 1.29 is 9.18 Å². The predicted molar refractivity (Wildman–Crippen MR) is 129 cm³/mol. The quantitative estimate of drug-likeness (QED) is 0.582. The number of anilines is 3. The van der Waals surface area contributed by atoms with Gasteiger partial charge < -0.3 is 20.1 Å². The van der Waals surface area contributed by atoms with Crippen molar-refractivity contribution in [3.8, 4) is 0 Å². The fourth-order valence-electron chi connectivity index (χ4n) is 4.53. The minimum Gasteiger partial charge on any atom is -0.350 e. The number of rotatable bonds is 6. The van der Waals surface area contributed by atoms with Gasteiger partial charge >= 0.3 is 0 Å². The van der Waals surface area contributed by atoms with Crippen molar-refractivity contribution in [2.75, 3.05) is 22.6 Å². The first-order valence-corrected chi connectivity index (χ1v) is 11.2. The maximum atomic E-state index is 13.2. The number of amides is 1. The summed E-state index contributed by atoms with van der Waals surface area (Å²) < 4.78 is 15.5. The molecule has 174 valence electrons. The molecule has 2 aromatic heterocycles. The zero-order chi connectivity index (χ0) is 23.9. The first-order valence-electron chi connectivity index (χ1n) is 11.2. The first kappa shape index (κ1) is 22.8. The maximum Gasteiger partial charge on any atom is 0.247 e. The fraction of sp³-hybridized carbons (Fsp3) is 0.400. The summed E-state index contributed by atoms with van der Waals surface area (Å²) in [5.41, 5.74) is 5.88. The van der Waals surface area contributed by atoms with Crippen molar-refractivity contribution >= 4 is 23.4 Å². The number of benzene rings is 1. The summed E-state index contributed by atoms with van der Waals surface area (Å²) in [6, 6.07) is 8.49. The number of nitrogens with zero attached hydrogens (tertiary/aromatic N) is 4. The smallest absolute Gasteiger partial charge is 0.247 e. The number of hydrogen-bond acceptors (Lipinski definition) is 5. The highest BCUT2D eigenvalue weighted by Crippen LogP contribution is 2.34. The van der Waals surface area contributed by atoms with Crippen LogP contribution in [0.5, 0.6) is 0 Å². The molecule has 1 aromatic carbocycles. The van der Waals surface area contributed by atoms with Gasteiger partial charge in [-0.1, -0.05) is 26.0 Å². The van der Waals surface area contributed by atoms with Gasteiger partial charge in [0.25, 0.3) is 0 Å². The Hall–Kier alpha value is -3.42. The Kier molecular flexibility index (Phi) is 6.10. The lowest BCUT2D eigenvalue weighted by atomic mass is 9.99. The molecule has 1 unspecified atom stereocenters. The molecule has 0 saturated heterocycles. The molecule has 4 rings (SSSR count). The Morgan fingerprint density at radius 3 is 2.52 bits per heavy atom. The van der Waals surface area contributed by atoms with Crippen LogP contribution in [0.2, 0.25) is 0 Å². The molecule has 3 aromatic rings. The Morgan fingerprint density at radius 2 is 1.85 bits per heavy atom. The minimum atomic E-state index is -0.273. The largest absolute Gasteiger partial charge is 0.350 e.